The first kappa shape index (κ1) is 12.1. The van der Waals surface area contributed by atoms with Crippen molar-refractivity contribution in [2.75, 3.05) is 0 Å². The highest BCUT2D eigenvalue weighted by atomic mass is 32.1. The third-order valence-corrected chi connectivity index (χ3v) is 3.67. The van der Waals surface area contributed by atoms with Crippen molar-refractivity contribution in [1.29, 1.82) is 0 Å². The Labute approximate surface area is 109 Å². The van der Waals surface area contributed by atoms with Crippen LogP contribution in [-0.2, 0) is 13.2 Å². The number of aromatic nitrogens is 4. The molecule has 0 N–H and O–H groups in total. The molecule has 98 valence electrons. The van der Waals surface area contributed by atoms with Gasteiger partial charge in [0, 0.05) is 13.2 Å². The summed E-state index contributed by atoms with van der Waals surface area (Å²) < 4.78 is 39.3. The SMILES string of the molecule is Cn1c(-c2ncc(C(F)(F)F)s2)nc2ncccc21. The first-order valence-corrected chi connectivity index (χ1v) is 6.09. The smallest absolute Gasteiger partial charge is 0.324 e. The van der Waals surface area contributed by atoms with Crippen molar-refractivity contribution in [2.24, 2.45) is 7.05 Å². The summed E-state index contributed by atoms with van der Waals surface area (Å²) in [4.78, 5) is 11.3. The fourth-order valence-corrected chi connectivity index (χ4v) is 2.53. The summed E-state index contributed by atoms with van der Waals surface area (Å²) in [5.41, 5.74) is 1.24. The highest BCUT2D eigenvalue weighted by molar-refractivity contribution is 7.15. The molecule has 0 spiro atoms. The van der Waals surface area contributed by atoms with E-state index in [1.807, 2.05) is 0 Å². The first-order valence-electron chi connectivity index (χ1n) is 5.27. The summed E-state index contributed by atoms with van der Waals surface area (Å²) in [5.74, 6) is 0.384. The molecule has 0 aliphatic rings. The van der Waals surface area contributed by atoms with E-state index in [9.17, 15) is 13.2 Å². The molecule has 0 aliphatic carbocycles. The van der Waals surface area contributed by atoms with Crippen molar-refractivity contribution in [1.82, 2.24) is 19.5 Å². The maximum Gasteiger partial charge on any atom is 0.427 e. The van der Waals surface area contributed by atoms with E-state index in [1.165, 1.54) is 0 Å². The molecular weight excluding hydrogens is 277 g/mol. The van der Waals surface area contributed by atoms with Crippen LogP contribution in [0, 0.1) is 0 Å². The van der Waals surface area contributed by atoms with Crippen LogP contribution in [0.15, 0.2) is 24.5 Å². The third kappa shape index (κ3) is 1.97. The van der Waals surface area contributed by atoms with Crippen LogP contribution in [0.5, 0.6) is 0 Å². The molecule has 0 aliphatic heterocycles. The minimum atomic E-state index is -4.38. The van der Waals surface area contributed by atoms with Crippen LogP contribution in [0.25, 0.3) is 22.0 Å². The summed E-state index contributed by atoms with van der Waals surface area (Å²) >= 11 is 0.575. The number of fused-ring (bicyclic) bond motifs is 1. The van der Waals surface area contributed by atoms with Gasteiger partial charge in [-0.15, -0.1) is 11.3 Å². The predicted octanol–water partition coefficient (Wildman–Crippen LogP) is 3.11. The Balaban J connectivity index is 2.14. The average molecular weight is 284 g/mol. The van der Waals surface area contributed by atoms with E-state index >= 15 is 0 Å². The number of rotatable bonds is 1. The Hall–Kier alpha value is -1.96. The van der Waals surface area contributed by atoms with Gasteiger partial charge in [-0.1, -0.05) is 0 Å². The molecule has 0 aromatic carbocycles. The molecule has 0 unspecified atom stereocenters. The highest BCUT2D eigenvalue weighted by Crippen LogP contribution is 2.36. The van der Waals surface area contributed by atoms with Gasteiger partial charge >= 0.3 is 6.18 Å². The lowest BCUT2D eigenvalue weighted by Gasteiger charge is -2.00. The summed E-state index contributed by atoms with van der Waals surface area (Å²) in [5, 5.41) is 0.229. The van der Waals surface area contributed by atoms with Crippen LogP contribution in [0.2, 0.25) is 0 Å². The van der Waals surface area contributed by atoms with Gasteiger partial charge in [-0.3, -0.25) is 0 Å². The number of pyridine rings is 1. The zero-order valence-corrected chi connectivity index (χ0v) is 10.5. The fourth-order valence-electron chi connectivity index (χ4n) is 1.73. The quantitative estimate of drug-likeness (QED) is 0.689. The summed E-state index contributed by atoms with van der Waals surface area (Å²) in [7, 11) is 1.72. The number of alkyl halides is 3. The minimum Gasteiger partial charge on any atom is -0.324 e. The predicted molar refractivity (Wildman–Crippen MR) is 64.6 cm³/mol. The Kier molecular flexibility index (Phi) is 2.56. The Morgan fingerprint density at radius 1 is 1.26 bits per heavy atom. The first-order chi connectivity index (χ1) is 8.97. The van der Waals surface area contributed by atoms with E-state index in [2.05, 4.69) is 15.0 Å². The molecule has 0 amide bonds. The van der Waals surface area contributed by atoms with Crippen LogP contribution in [-0.4, -0.2) is 19.5 Å². The highest BCUT2D eigenvalue weighted by Gasteiger charge is 2.33. The molecule has 0 saturated carbocycles. The largest absolute Gasteiger partial charge is 0.427 e. The second kappa shape index (κ2) is 4.02. The average Bonchev–Trinajstić information content (AvgIpc) is 2.94. The third-order valence-electron chi connectivity index (χ3n) is 2.63. The maximum absolute atomic E-state index is 12.6. The number of imidazole rings is 1. The van der Waals surface area contributed by atoms with Gasteiger partial charge in [-0.05, 0) is 12.1 Å². The number of aryl methyl sites for hydroxylation is 1. The fraction of sp³-hybridized carbons (Fsp3) is 0.182. The molecule has 8 heteroatoms. The van der Waals surface area contributed by atoms with Gasteiger partial charge < -0.3 is 4.57 Å². The van der Waals surface area contributed by atoms with Gasteiger partial charge in [0.15, 0.2) is 16.5 Å². The monoisotopic (exact) mass is 284 g/mol. The molecule has 3 rings (SSSR count). The zero-order valence-electron chi connectivity index (χ0n) is 9.64. The van der Waals surface area contributed by atoms with Crippen molar-refractivity contribution in [3.63, 3.8) is 0 Å². The zero-order chi connectivity index (χ0) is 13.6. The molecular formula is C11H7F3N4S. The second-order valence-corrected chi connectivity index (χ2v) is 4.90. The standard InChI is InChI=1S/C11H7F3N4S/c1-18-6-3-2-4-15-8(6)17-9(18)10-16-5-7(19-10)11(12,13)14/h2-5H,1H3. The van der Waals surface area contributed by atoms with Crippen LogP contribution < -0.4 is 0 Å². The minimum absolute atomic E-state index is 0.229. The molecule has 0 radical (unpaired) electrons. The molecule has 3 heterocycles. The van der Waals surface area contributed by atoms with Crippen molar-refractivity contribution in [3.8, 4) is 10.8 Å². The van der Waals surface area contributed by atoms with E-state index in [4.69, 9.17) is 0 Å². The Bertz CT molecular complexity index is 744. The van der Waals surface area contributed by atoms with Crippen molar-refractivity contribution in [2.45, 2.75) is 6.18 Å². The van der Waals surface area contributed by atoms with Gasteiger partial charge in [0.2, 0.25) is 0 Å². The van der Waals surface area contributed by atoms with Gasteiger partial charge in [0.05, 0.1) is 11.7 Å². The second-order valence-electron chi connectivity index (χ2n) is 3.87. The lowest BCUT2D eigenvalue weighted by Crippen LogP contribution is -2.00. The number of halogens is 3. The molecule has 3 aromatic heterocycles. The summed E-state index contributed by atoms with van der Waals surface area (Å²) in [6.07, 6.45) is -1.96. The molecule has 0 bridgehead atoms. The van der Waals surface area contributed by atoms with Gasteiger partial charge in [-0.2, -0.15) is 13.2 Å². The number of thiazole rings is 1. The molecule has 4 nitrogen and oxygen atoms in total. The lowest BCUT2D eigenvalue weighted by atomic mass is 10.4. The van der Waals surface area contributed by atoms with Gasteiger partial charge in [-0.25, -0.2) is 15.0 Å². The van der Waals surface area contributed by atoms with Gasteiger partial charge in [0.25, 0.3) is 0 Å². The topological polar surface area (TPSA) is 43.6 Å². The van der Waals surface area contributed by atoms with Crippen molar-refractivity contribution < 1.29 is 13.2 Å². The van der Waals surface area contributed by atoms with Crippen LogP contribution in [0.4, 0.5) is 13.2 Å². The Morgan fingerprint density at radius 2 is 2.05 bits per heavy atom. The summed E-state index contributed by atoms with van der Waals surface area (Å²) in [6, 6.07) is 3.55. The molecule has 3 aromatic rings. The van der Waals surface area contributed by atoms with E-state index in [-0.39, 0.29) is 5.01 Å². The van der Waals surface area contributed by atoms with Crippen molar-refractivity contribution >= 4 is 22.5 Å². The number of nitrogens with zero attached hydrogens (tertiary/aromatic N) is 4. The van der Waals surface area contributed by atoms with Crippen LogP contribution in [0.3, 0.4) is 0 Å². The molecule has 0 atom stereocenters. The van der Waals surface area contributed by atoms with E-state index in [1.54, 1.807) is 29.9 Å². The molecule has 19 heavy (non-hydrogen) atoms. The molecule has 0 fully saturated rings. The number of hydrogen-bond acceptors (Lipinski definition) is 4. The normalized spacial score (nSPS) is 12.2. The van der Waals surface area contributed by atoms with Gasteiger partial charge in [0.1, 0.15) is 4.88 Å². The van der Waals surface area contributed by atoms with Crippen molar-refractivity contribution in [3.05, 3.63) is 29.4 Å². The summed E-state index contributed by atoms with van der Waals surface area (Å²) in [6.45, 7) is 0. The van der Waals surface area contributed by atoms with E-state index in [0.717, 1.165) is 11.7 Å². The van der Waals surface area contributed by atoms with E-state index in [0.29, 0.717) is 22.8 Å². The van der Waals surface area contributed by atoms with Crippen LogP contribution in [0.1, 0.15) is 4.88 Å². The maximum atomic E-state index is 12.6. The van der Waals surface area contributed by atoms with E-state index < -0.39 is 11.1 Å². The lowest BCUT2D eigenvalue weighted by molar-refractivity contribution is -0.134. The molecule has 0 saturated heterocycles. The van der Waals surface area contributed by atoms with Crippen LogP contribution >= 0.6 is 11.3 Å². The number of hydrogen-bond donors (Lipinski definition) is 0. The Morgan fingerprint density at radius 3 is 2.68 bits per heavy atom.